The number of halogens is 1. The predicted molar refractivity (Wildman–Crippen MR) is 87.0 cm³/mol. The topological polar surface area (TPSA) is 37.8 Å². The van der Waals surface area contributed by atoms with E-state index in [9.17, 15) is 0 Å². The summed E-state index contributed by atoms with van der Waals surface area (Å²) in [5.74, 6) is 2.27. The summed E-state index contributed by atoms with van der Waals surface area (Å²) in [4.78, 5) is 8.76. The lowest BCUT2D eigenvalue weighted by Crippen LogP contribution is -2.04. The van der Waals surface area contributed by atoms with Crippen molar-refractivity contribution in [2.45, 2.75) is 39.7 Å². The quantitative estimate of drug-likeness (QED) is 0.816. The van der Waals surface area contributed by atoms with Gasteiger partial charge in [-0.2, -0.15) is 0 Å². The Labute approximate surface area is 129 Å². The van der Waals surface area contributed by atoms with Gasteiger partial charge in [0, 0.05) is 19.0 Å². The lowest BCUT2D eigenvalue weighted by molar-refractivity contribution is 0.865. The number of aryl methyl sites for hydroxylation is 1. The Kier molecular flexibility index (Phi) is 5.12. The van der Waals surface area contributed by atoms with E-state index in [0.29, 0.717) is 5.92 Å². The van der Waals surface area contributed by atoms with E-state index in [1.54, 1.807) is 0 Å². The van der Waals surface area contributed by atoms with Crippen LogP contribution in [0.25, 0.3) is 0 Å². The van der Waals surface area contributed by atoms with Crippen molar-refractivity contribution in [2.24, 2.45) is 0 Å². The van der Waals surface area contributed by atoms with Crippen LogP contribution >= 0.6 is 15.9 Å². The van der Waals surface area contributed by atoms with Crippen molar-refractivity contribution >= 4 is 21.7 Å². The molecular formula is C16H20BrN3. The number of aromatic nitrogens is 2. The molecule has 0 unspecified atom stereocenters. The average Bonchev–Trinajstić information content (AvgIpc) is 2.45. The van der Waals surface area contributed by atoms with Crippen molar-refractivity contribution in [3.8, 4) is 0 Å². The van der Waals surface area contributed by atoms with Crippen molar-refractivity contribution in [3.63, 3.8) is 0 Å². The first kappa shape index (κ1) is 15.0. The van der Waals surface area contributed by atoms with E-state index in [1.807, 2.05) is 6.07 Å². The van der Waals surface area contributed by atoms with E-state index in [0.717, 1.165) is 29.2 Å². The maximum absolute atomic E-state index is 4.46. The number of nitrogens with one attached hydrogen (secondary N) is 1. The van der Waals surface area contributed by atoms with E-state index < -0.39 is 0 Å². The van der Waals surface area contributed by atoms with Gasteiger partial charge in [0.15, 0.2) is 0 Å². The largest absolute Gasteiger partial charge is 0.366 e. The number of nitrogens with zero attached hydrogens (tertiary/aromatic N) is 2. The first-order valence-corrected chi connectivity index (χ1v) is 7.74. The first-order valence-electron chi connectivity index (χ1n) is 6.94. The molecular weight excluding hydrogens is 314 g/mol. The van der Waals surface area contributed by atoms with Crippen molar-refractivity contribution in [2.75, 3.05) is 5.32 Å². The molecule has 1 heterocycles. The zero-order chi connectivity index (χ0) is 14.5. The fourth-order valence-corrected chi connectivity index (χ4v) is 2.35. The zero-order valence-electron chi connectivity index (χ0n) is 12.2. The van der Waals surface area contributed by atoms with Crippen LogP contribution in [-0.2, 0) is 13.0 Å². The van der Waals surface area contributed by atoms with Gasteiger partial charge in [-0.1, -0.05) is 45.0 Å². The highest BCUT2D eigenvalue weighted by molar-refractivity contribution is 9.10. The highest BCUT2D eigenvalue weighted by atomic mass is 79.9. The molecule has 20 heavy (non-hydrogen) atoms. The molecule has 0 saturated heterocycles. The molecule has 2 aromatic rings. The third-order valence-electron chi connectivity index (χ3n) is 3.18. The number of anilines is 1. The smallest absolute Gasteiger partial charge is 0.131 e. The molecule has 1 N–H and O–H groups in total. The van der Waals surface area contributed by atoms with E-state index in [-0.39, 0.29) is 0 Å². The van der Waals surface area contributed by atoms with Gasteiger partial charge in [0.2, 0.25) is 0 Å². The third-order valence-corrected chi connectivity index (χ3v) is 3.58. The minimum absolute atomic E-state index is 0.571. The molecule has 0 fully saturated rings. The van der Waals surface area contributed by atoms with Gasteiger partial charge in [0.05, 0.1) is 0 Å². The molecule has 0 bridgehead atoms. The summed E-state index contributed by atoms with van der Waals surface area (Å²) in [5, 5.41) is 3.34. The van der Waals surface area contributed by atoms with Gasteiger partial charge in [0.25, 0.3) is 0 Å². The first-order chi connectivity index (χ1) is 9.58. The molecule has 1 aromatic heterocycles. The Morgan fingerprint density at radius 3 is 2.45 bits per heavy atom. The van der Waals surface area contributed by atoms with E-state index in [4.69, 9.17) is 0 Å². The SMILES string of the molecule is CCc1nc(Br)cc(NCc2ccc(C(C)C)cc2)n1. The number of hydrogen-bond donors (Lipinski definition) is 1. The van der Waals surface area contributed by atoms with Crippen molar-refractivity contribution in [1.29, 1.82) is 0 Å². The van der Waals surface area contributed by atoms with Crippen molar-refractivity contribution in [1.82, 2.24) is 9.97 Å². The van der Waals surface area contributed by atoms with Crippen LogP contribution in [0.5, 0.6) is 0 Å². The van der Waals surface area contributed by atoms with Crippen LogP contribution in [0.2, 0.25) is 0 Å². The molecule has 0 radical (unpaired) electrons. The van der Waals surface area contributed by atoms with Gasteiger partial charge in [0.1, 0.15) is 16.2 Å². The van der Waals surface area contributed by atoms with Crippen molar-refractivity contribution in [3.05, 3.63) is 51.9 Å². The molecule has 0 aliphatic heterocycles. The molecule has 1 aromatic carbocycles. The Morgan fingerprint density at radius 2 is 1.85 bits per heavy atom. The zero-order valence-corrected chi connectivity index (χ0v) is 13.7. The summed E-state index contributed by atoms with van der Waals surface area (Å²) in [6, 6.07) is 10.6. The number of benzene rings is 1. The molecule has 0 atom stereocenters. The second-order valence-corrected chi connectivity index (χ2v) is 5.91. The maximum Gasteiger partial charge on any atom is 0.131 e. The molecule has 0 amide bonds. The Morgan fingerprint density at radius 1 is 1.15 bits per heavy atom. The highest BCUT2D eigenvalue weighted by Crippen LogP contribution is 2.16. The van der Waals surface area contributed by atoms with Gasteiger partial charge in [-0.15, -0.1) is 0 Å². The third kappa shape index (κ3) is 4.04. The molecule has 3 nitrogen and oxygen atoms in total. The van der Waals surface area contributed by atoms with E-state index in [2.05, 4.69) is 76.3 Å². The van der Waals surface area contributed by atoms with Gasteiger partial charge in [-0.05, 0) is 33.0 Å². The molecule has 0 aliphatic rings. The molecule has 106 valence electrons. The molecule has 0 saturated carbocycles. The van der Waals surface area contributed by atoms with Crippen LogP contribution in [0.1, 0.15) is 43.6 Å². The normalized spacial score (nSPS) is 10.8. The summed E-state index contributed by atoms with van der Waals surface area (Å²) in [7, 11) is 0. The standard InChI is InChI=1S/C16H20BrN3/c1-4-15-19-14(17)9-16(20-15)18-10-12-5-7-13(8-6-12)11(2)3/h5-9,11H,4,10H2,1-3H3,(H,18,19,20). The Bertz CT molecular complexity index is 564. The van der Waals surface area contributed by atoms with Crippen molar-refractivity contribution < 1.29 is 0 Å². The van der Waals surface area contributed by atoms with Crippen LogP contribution in [0.3, 0.4) is 0 Å². The fourth-order valence-electron chi connectivity index (χ4n) is 1.93. The van der Waals surface area contributed by atoms with Crippen LogP contribution in [-0.4, -0.2) is 9.97 Å². The summed E-state index contributed by atoms with van der Waals surface area (Å²) in [5.41, 5.74) is 2.62. The average molecular weight is 334 g/mol. The monoisotopic (exact) mass is 333 g/mol. The Hall–Kier alpha value is -1.42. The van der Waals surface area contributed by atoms with Gasteiger partial charge >= 0.3 is 0 Å². The summed E-state index contributed by atoms with van der Waals surface area (Å²) >= 11 is 3.41. The van der Waals surface area contributed by atoms with Crippen LogP contribution in [0, 0.1) is 0 Å². The lowest BCUT2D eigenvalue weighted by atomic mass is 10.0. The minimum Gasteiger partial charge on any atom is -0.366 e. The van der Waals surface area contributed by atoms with Gasteiger partial charge in [-0.25, -0.2) is 9.97 Å². The van der Waals surface area contributed by atoms with Crippen LogP contribution in [0.4, 0.5) is 5.82 Å². The number of hydrogen-bond acceptors (Lipinski definition) is 3. The van der Waals surface area contributed by atoms with Crippen LogP contribution < -0.4 is 5.32 Å². The molecule has 0 aliphatic carbocycles. The summed E-state index contributed by atoms with van der Waals surface area (Å²) < 4.78 is 0.821. The highest BCUT2D eigenvalue weighted by Gasteiger charge is 2.02. The van der Waals surface area contributed by atoms with E-state index in [1.165, 1.54) is 11.1 Å². The lowest BCUT2D eigenvalue weighted by Gasteiger charge is -2.09. The van der Waals surface area contributed by atoms with Gasteiger partial charge < -0.3 is 5.32 Å². The maximum atomic E-state index is 4.46. The summed E-state index contributed by atoms with van der Waals surface area (Å²) in [6.45, 7) is 7.23. The molecule has 4 heteroatoms. The number of rotatable bonds is 5. The molecule has 2 rings (SSSR count). The Balaban J connectivity index is 2.03. The second kappa shape index (κ2) is 6.84. The minimum atomic E-state index is 0.571. The predicted octanol–water partition coefficient (Wildman–Crippen LogP) is 4.54. The van der Waals surface area contributed by atoms with Crippen LogP contribution in [0.15, 0.2) is 34.9 Å². The second-order valence-electron chi connectivity index (χ2n) is 5.10. The van der Waals surface area contributed by atoms with E-state index >= 15 is 0 Å². The molecule has 0 spiro atoms. The fraction of sp³-hybridized carbons (Fsp3) is 0.375. The summed E-state index contributed by atoms with van der Waals surface area (Å²) in [6.07, 6.45) is 0.831. The van der Waals surface area contributed by atoms with Gasteiger partial charge in [-0.3, -0.25) is 0 Å².